The Kier molecular flexibility index (Phi) is 4.10. The Bertz CT molecular complexity index is 623. The second-order valence-corrected chi connectivity index (χ2v) is 4.11. The summed E-state index contributed by atoms with van der Waals surface area (Å²) in [5, 5.41) is 27.9. The molecule has 2 aromatic carbocycles. The Morgan fingerprint density at radius 1 is 1.11 bits per heavy atom. The Morgan fingerprint density at radius 3 is 2.53 bits per heavy atom. The Balaban J connectivity index is 2.36. The molecule has 0 amide bonds. The molecule has 0 fully saturated rings. The Labute approximate surface area is 114 Å². The van der Waals surface area contributed by atoms with E-state index in [0.717, 1.165) is 6.21 Å². The number of benzene rings is 2. The molecule has 0 radical (unpaired) electrons. The Morgan fingerprint density at radius 2 is 1.84 bits per heavy atom. The van der Waals surface area contributed by atoms with E-state index >= 15 is 0 Å². The quantitative estimate of drug-likeness (QED) is 0.301. The predicted molar refractivity (Wildman–Crippen MR) is 72.6 cm³/mol. The molecule has 0 aliphatic heterocycles. The van der Waals surface area contributed by atoms with Crippen LogP contribution in [0.3, 0.4) is 0 Å². The molecule has 2 aromatic rings. The molecule has 1 N–H and O–H groups in total. The minimum absolute atomic E-state index is 0.287. The first-order valence-electron chi connectivity index (χ1n) is 5.41. The molecule has 0 atom stereocenters. The summed E-state index contributed by atoms with van der Waals surface area (Å²) in [6, 6.07) is 13.9. The molecule has 6 heteroatoms. The molecule has 0 heterocycles. The first kappa shape index (κ1) is 13.0. The number of nitrogens with zero attached hydrogens (tertiary/aromatic N) is 3. The van der Waals surface area contributed by atoms with E-state index in [4.69, 9.17) is 16.8 Å². The van der Waals surface area contributed by atoms with Crippen molar-refractivity contribution < 1.29 is 10.1 Å². The summed E-state index contributed by atoms with van der Waals surface area (Å²) in [6.07, 6.45) is 0.982. The third-order valence-corrected chi connectivity index (χ3v) is 2.51. The van der Waals surface area contributed by atoms with Crippen LogP contribution in [-0.2, 0) is 0 Å². The van der Waals surface area contributed by atoms with Crippen LogP contribution in [0.1, 0.15) is 5.56 Å². The van der Waals surface area contributed by atoms with Gasteiger partial charge in [-0.1, -0.05) is 29.8 Å². The van der Waals surface area contributed by atoms with Gasteiger partial charge in [-0.05, 0) is 30.3 Å². The maximum atomic E-state index is 10.6. The zero-order chi connectivity index (χ0) is 13.7. The van der Waals surface area contributed by atoms with E-state index in [9.17, 15) is 5.21 Å². The molecule has 0 saturated heterocycles. The summed E-state index contributed by atoms with van der Waals surface area (Å²) in [5.41, 5.74) is 1.49. The minimum atomic E-state index is -0.287. The number of hydrogen-bond acceptors (Lipinski definition) is 4. The van der Waals surface area contributed by atoms with Gasteiger partial charge >= 0.3 is 0 Å². The molecule has 0 aliphatic carbocycles. The van der Waals surface area contributed by atoms with Crippen LogP contribution in [0.4, 0.5) is 11.4 Å². The second kappa shape index (κ2) is 5.97. The Hall–Kier alpha value is -2.40. The summed E-state index contributed by atoms with van der Waals surface area (Å²) in [6.45, 7) is 0. The standard InChI is InChI=1S/C13H10ClN3O2/c14-11-7-6-10(9-17(18)19)13(8-11)16-15-12-4-2-1-3-5-12/h1-9H,(H,18,19). The van der Waals surface area contributed by atoms with Crippen LogP contribution in [-0.4, -0.2) is 16.3 Å². The molecule has 2 rings (SSSR count). The molecule has 19 heavy (non-hydrogen) atoms. The lowest BCUT2D eigenvalue weighted by Gasteiger charge is -1.98. The lowest BCUT2D eigenvalue weighted by Crippen LogP contribution is -1.98. The molecule has 0 saturated carbocycles. The van der Waals surface area contributed by atoms with Gasteiger partial charge in [-0.15, -0.1) is 5.11 Å². The first-order valence-corrected chi connectivity index (χ1v) is 5.79. The molecule has 5 nitrogen and oxygen atoms in total. The van der Waals surface area contributed by atoms with Crippen molar-refractivity contribution in [3.8, 4) is 0 Å². The van der Waals surface area contributed by atoms with Crippen LogP contribution in [0.25, 0.3) is 0 Å². The highest BCUT2D eigenvalue weighted by atomic mass is 35.5. The van der Waals surface area contributed by atoms with Gasteiger partial charge in [0.1, 0.15) is 5.69 Å². The van der Waals surface area contributed by atoms with Gasteiger partial charge in [0.05, 0.1) is 11.3 Å². The number of hydrogen-bond donors (Lipinski definition) is 1. The normalized spacial score (nSPS) is 11.9. The van der Waals surface area contributed by atoms with Crippen LogP contribution in [0.2, 0.25) is 5.02 Å². The van der Waals surface area contributed by atoms with Gasteiger partial charge in [0.25, 0.3) is 0 Å². The van der Waals surface area contributed by atoms with Crippen molar-refractivity contribution in [1.29, 1.82) is 0 Å². The van der Waals surface area contributed by atoms with Crippen molar-refractivity contribution in [3.05, 3.63) is 64.3 Å². The fourth-order valence-electron chi connectivity index (χ4n) is 1.44. The van der Waals surface area contributed by atoms with Crippen molar-refractivity contribution in [2.24, 2.45) is 10.2 Å². The van der Waals surface area contributed by atoms with Crippen molar-refractivity contribution in [3.63, 3.8) is 0 Å². The third kappa shape index (κ3) is 3.79. The van der Waals surface area contributed by atoms with E-state index in [1.54, 1.807) is 30.3 Å². The highest BCUT2D eigenvalue weighted by Gasteiger charge is 2.05. The topological polar surface area (TPSA) is 71.0 Å². The zero-order valence-corrected chi connectivity index (χ0v) is 10.5. The smallest absolute Gasteiger partial charge is 0.242 e. The third-order valence-electron chi connectivity index (χ3n) is 2.27. The number of halogens is 1. The predicted octanol–water partition coefficient (Wildman–Crippen LogP) is 4.07. The first-order chi connectivity index (χ1) is 9.15. The van der Waals surface area contributed by atoms with Gasteiger partial charge in [-0.2, -0.15) is 5.11 Å². The van der Waals surface area contributed by atoms with E-state index < -0.39 is 0 Å². The van der Waals surface area contributed by atoms with E-state index in [0.29, 0.717) is 22.0 Å². The lowest BCUT2D eigenvalue weighted by atomic mass is 10.2. The average Bonchev–Trinajstić information content (AvgIpc) is 2.40. The zero-order valence-electron chi connectivity index (χ0n) is 9.77. The second-order valence-electron chi connectivity index (χ2n) is 3.67. The molecule has 0 unspecified atom stereocenters. The van der Waals surface area contributed by atoms with Gasteiger partial charge in [-0.25, -0.2) is 0 Å². The van der Waals surface area contributed by atoms with Crippen molar-refractivity contribution in [2.75, 3.05) is 0 Å². The summed E-state index contributed by atoms with van der Waals surface area (Å²) in [4.78, 5) is -0.287. The van der Waals surface area contributed by atoms with E-state index in [2.05, 4.69) is 10.2 Å². The fourth-order valence-corrected chi connectivity index (χ4v) is 1.60. The molecule has 0 bridgehead atoms. The van der Waals surface area contributed by atoms with Crippen molar-refractivity contribution >= 4 is 29.2 Å². The van der Waals surface area contributed by atoms with E-state index in [-0.39, 0.29) is 4.90 Å². The van der Waals surface area contributed by atoms with Crippen LogP contribution < -0.4 is 0 Å². The van der Waals surface area contributed by atoms with Gasteiger partial charge in [0.2, 0.25) is 6.21 Å². The van der Waals surface area contributed by atoms with Gasteiger partial charge in [0, 0.05) is 9.92 Å². The number of azo groups is 1. The van der Waals surface area contributed by atoms with Crippen LogP contribution >= 0.6 is 11.6 Å². The number of rotatable bonds is 3. The molecule has 0 spiro atoms. The fraction of sp³-hybridized carbons (Fsp3) is 0. The summed E-state index contributed by atoms with van der Waals surface area (Å²) >= 11 is 5.87. The maximum Gasteiger partial charge on any atom is 0.242 e. The van der Waals surface area contributed by atoms with Crippen LogP contribution in [0.5, 0.6) is 0 Å². The van der Waals surface area contributed by atoms with Crippen LogP contribution in [0, 0.1) is 5.21 Å². The highest BCUT2D eigenvalue weighted by molar-refractivity contribution is 6.31. The lowest BCUT2D eigenvalue weighted by molar-refractivity contribution is -0.722. The van der Waals surface area contributed by atoms with E-state index in [1.165, 1.54) is 0 Å². The van der Waals surface area contributed by atoms with Crippen molar-refractivity contribution in [1.82, 2.24) is 0 Å². The maximum absolute atomic E-state index is 10.6. The van der Waals surface area contributed by atoms with Gasteiger partial charge < -0.3 is 5.21 Å². The van der Waals surface area contributed by atoms with E-state index in [1.807, 2.05) is 18.2 Å². The molecule has 0 aromatic heterocycles. The highest BCUT2D eigenvalue weighted by Crippen LogP contribution is 2.24. The summed E-state index contributed by atoms with van der Waals surface area (Å²) < 4.78 is 0. The van der Waals surface area contributed by atoms with Crippen molar-refractivity contribution in [2.45, 2.75) is 0 Å². The monoisotopic (exact) mass is 275 g/mol. The SMILES string of the molecule is [O-][N+](O)=Cc1ccc(Cl)cc1N=Nc1ccccc1. The average molecular weight is 276 g/mol. The minimum Gasteiger partial charge on any atom is -0.418 e. The summed E-state index contributed by atoms with van der Waals surface area (Å²) in [7, 11) is 0. The summed E-state index contributed by atoms with van der Waals surface area (Å²) in [5.74, 6) is 0. The van der Waals surface area contributed by atoms with Crippen LogP contribution in [0.15, 0.2) is 58.8 Å². The molecule has 96 valence electrons. The molecular formula is C13H10ClN3O2. The van der Waals surface area contributed by atoms with Gasteiger partial charge in [0.15, 0.2) is 0 Å². The molecular weight excluding hydrogens is 266 g/mol. The molecule has 0 aliphatic rings. The largest absolute Gasteiger partial charge is 0.418 e. The van der Waals surface area contributed by atoms with Gasteiger partial charge in [-0.3, -0.25) is 5.21 Å².